The molecule has 0 atom stereocenters. The Morgan fingerprint density at radius 2 is 2.05 bits per heavy atom. The first-order chi connectivity index (χ1) is 9.67. The van der Waals surface area contributed by atoms with Crippen molar-refractivity contribution in [2.75, 3.05) is 7.05 Å². The van der Waals surface area contributed by atoms with Crippen LogP contribution in [0.25, 0.3) is 16.6 Å². The highest BCUT2D eigenvalue weighted by atomic mass is 16.1. The minimum Gasteiger partial charge on any atom is -0.355 e. The molecule has 2 aromatic heterocycles. The SMILES string of the molecule is CCn1c(=O)c2ccnn2c2ccc(C(=O)NC)cc21. The van der Waals surface area contributed by atoms with Crippen molar-refractivity contribution in [3.8, 4) is 0 Å². The lowest BCUT2D eigenvalue weighted by Crippen LogP contribution is -2.23. The van der Waals surface area contributed by atoms with Crippen molar-refractivity contribution in [3.05, 3.63) is 46.4 Å². The summed E-state index contributed by atoms with van der Waals surface area (Å²) in [5.74, 6) is -0.178. The van der Waals surface area contributed by atoms with Crippen LogP contribution in [0.2, 0.25) is 0 Å². The molecule has 0 aliphatic carbocycles. The van der Waals surface area contributed by atoms with Crippen LogP contribution in [0.15, 0.2) is 35.3 Å². The van der Waals surface area contributed by atoms with Crippen LogP contribution in [0.3, 0.4) is 0 Å². The molecule has 2 heterocycles. The van der Waals surface area contributed by atoms with Gasteiger partial charge in [0, 0.05) is 19.2 Å². The van der Waals surface area contributed by atoms with Gasteiger partial charge in [0.2, 0.25) is 0 Å². The van der Waals surface area contributed by atoms with Gasteiger partial charge in [-0.05, 0) is 31.2 Å². The van der Waals surface area contributed by atoms with Gasteiger partial charge in [-0.15, -0.1) is 0 Å². The first-order valence-electron chi connectivity index (χ1n) is 6.39. The van der Waals surface area contributed by atoms with Crippen molar-refractivity contribution in [3.63, 3.8) is 0 Å². The summed E-state index contributed by atoms with van der Waals surface area (Å²) in [4.78, 5) is 24.1. The van der Waals surface area contributed by atoms with Crippen molar-refractivity contribution in [1.82, 2.24) is 19.5 Å². The Morgan fingerprint density at radius 3 is 2.75 bits per heavy atom. The zero-order chi connectivity index (χ0) is 14.3. The minimum absolute atomic E-state index is 0.105. The predicted molar refractivity (Wildman–Crippen MR) is 76.0 cm³/mol. The maximum absolute atomic E-state index is 12.4. The summed E-state index contributed by atoms with van der Waals surface area (Å²) in [6.45, 7) is 2.44. The van der Waals surface area contributed by atoms with Crippen LogP contribution in [-0.2, 0) is 6.54 Å². The minimum atomic E-state index is -0.178. The average molecular weight is 270 g/mol. The molecule has 20 heavy (non-hydrogen) atoms. The summed E-state index contributed by atoms with van der Waals surface area (Å²) >= 11 is 0. The highest BCUT2D eigenvalue weighted by molar-refractivity contribution is 5.97. The van der Waals surface area contributed by atoms with Crippen LogP contribution in [-0.4, -0.2) is 27.1 Å². The van der Waals surface area contributed by atoms with Gasteiger partial charge in [-0.25, -0.2) is 4.52 Å². The molecule has 1 N–H and O–H groups in total. The fourth-order valence-corrected chi connectivity index (χ4v) is 2.42. The van der Waals surface area contributed by atoms with Crippen LogP contribution in [0.4, 0.5) is 0 Å². The van der Waals surface area contributed by atoms with Crippen LogP contribution in [0.5, 0.6) is 0 Å². The van der Waals surface area contributed by atoms with Gasteiger partial charge < -0.3 is 9.88 Å². The Labute approximate surface area is 114 Å². The van der Waals surface area contributed by atoms with Gasteiger partial charge in [-0.2, -0.15) is 5.10 Å². The molecule has 0 radical (unpaired) electrons. The molecule has 3 rings (SSSR count). The van der Waals surface area contributed by atoms with Crippen LogP contribution in [0.1, 0.15) is 17.3 Å². The smallest absolute Gasteiger partial charge is 0.277 e. The van der Waals surface area contributed by atoms with Gasteiger partial charge in [-0.1, -0.05) is 0 Å². The Kier molecular flexibility index (Phi) is 2.78. The lowest BCUT2D eigenvalue weighted by Gasteiger charge is -2.11. The normalized spacial score (nSPS) is 11.1. The number of hydrogen-bond donors (Lipinski definition) is 1. The van der Waals surface area contributed by atoms with E-state index in [4.69, 9.17) is 0 Å². The van der Waals surface area contributed by atoms with Crippen molar-refractivity contribution in [1.29, 1.82) is 0 Å². The van der Waals surface area contributed by atoms with Gasteiger partial charge in [0.25, 0.3) is 11.5 Å². The number of carbonyl (C=O) groups excluding carboxylic acids is 1. The lowest BCUT2D eigenvalue weighted by molar-refractivity contribution is 0.0963. The zero-order valence-corrected chi connectivity index (χ0v) is 11.3. The second-order valence-electron chi connectivity index (χ2n) is 4.46. The topological polar surface area (TPSA) is 68.4 Å². The molecule has 6 heteroatoms. The maximum Gasteiger partial charge on any atom is 0.277 e. The summed E-state index contributed by atoms with van der Waals surface area (Å²) in [5.41, 5.74) is 2.46. The number of nitrogens with one attached hydrogen (secondary N) is 1. The predicted octanol–water partition coefficient (Wildman–Crippen LogP) is 1.03. The molecule has 1 amide bonds. The number of amides is 1. The summed E-state index contributed by atoms with van der Waals surface area (Å²) in [6, 6.07) is 6.96. The molecule has 0 saturated heterocycles. The molecule has 0 unspecified atom stereocenters. The lowest BCUT2D eigenvalue weighted by atomic mass is 10.1. The van der Waals surface area contributed by atoms with Gasteiger partial charge in [-0.3, -0.25) is 9.59 Å². The van der Waals surface area contributed by atoms with E-state index in [9.17, 15) is 9.59 Å². The second-order valence-corrected chi connectivity index (χ2v) is 4.46. The monoisotopic (exact) mass is 270 g/mol. The van der Waals surface area contributed by atoms with Gasteiger partial charge >= 0.3 is 0 Å². The van der Waals surface area contributed by atoms with E-state index in [1.807, 2.05) is 13.0 Å². The number of aryl methyl sites for hydroxylation is 1. The molecule has 3 aromatic rings. The Morgan fingerprint density at radius 1 is 1.25 bits per heavy atom. The average Bonchev–Trinajstić information content (AvgIpc) is 2.96. The molecule has 0 saturated carbocycles. The molecule has 0 aliphatic rings. The summed E-state index contributed by atoms with van der Waals surface area (Å²) in [6.07, 6.45) is 1.60. The van der Waals surface area contributed by atoms with Crippen LogP contribution >= 0.6 is 0 Å². The molecule has 6 nitrogen and oxygen atoms in total. The maximum atomic E-state index is 12.4. The van der Waals surface area contributed by atoms with Crippen LogP contribution in [0, 0.1) is 0 Å². The molecule has 0 bridgehead atoms. The number of carbonyl (C=O) groups is 1. The molecule has 0 aliphatic heterocycles. The van der Waals surface area contributed by atoms with Crippen molar-refractivity contribution in [2.24, 2.45) is 0 Å². The molecular formula is C14H14N4O2. The number of hydrogen-bond acceptors (Lipinski definition) is 3. The molecule has 0 spiro atoms. The van der Waals surface area contributed by atoms with E-state index in [-0.39, 0.29) is 11.5 Å². The highest BCUT2D eigenvalue weighted by Gasteiger charge is 2.12. The van der Waals surface area contributed by atoms with Gasteiger partial charge in [0.05, 0.1) is 17.2 Å². The van der Waals surface area contributed by atoms with E-state index in [0.29, 0.717) is 23.1 Å². The summed E-state index contributed by atoms with van der Waals surface area (Å²) in [7, 11) is 1.58. The van der Waals surface area contributed by atoms with E-state index in [1.165, 1.54) is 0 Å². The Bertz CT molecular complexity index is 876. The van der Waals surface area contributed by atoms with E-state index in [1.54, 1.807) is 40.5 Å². The fraction of sp³-hybridized carbons (Fsp3) is 0.214. The fourth-order valence-electron chi connectivity index (χ4n) is 2.42. The first kappa shape index (κ1) is 12.4. The molecule has 0 fully saturated rings. The summed E-state index contributed by atoms with van der Waals surface area (Å²) < 4.78 is 3.26. The number of rotatable bonds is 2. The van der Waals surface area contributed by atoms with E-state index in [0.717, 1.165) is 5.52 Å². The molecule has 102 valence electrons. The van der Waals surface area contributed by atoms with E-state index in [2.05, 4.69) is 10.4 Å². The largest absolute Gasteiger partial charge is 0.355 e. The van der Waals surface area contributed by atoms with Gasteiger partial charge in [0.1, 0.15) is 5.52 Å². The Hall–Kier alpha value is -2.63. The molecule has 1 aromatic carbocycles. The quantitative estimate of drug-likeness (QED) is 0.756. The second kappa shape index (κ2) is 4.48. The third kappa shape index (κ3) is 1.61. The van der Waals surface area contributed by atoms with Gasteiger partial charge in [0.15, 0.2) is 0 Å². The number of benzene rings is 1. The number of nitrogens with zero attached hydrogens (tertiary/aromatic N) is 3. The summed E-state index contributed by atoms with van der Waals surface area (Å²) in [5, 5.41) is 6.76. The third-order valence-corrected chi connectivity index (χ3v) is 3.41. The number of fused-ring (bicyclic) bond motifs is 3. The standard InChI is InChI=1S/C14H14N4O2/c1-3-17-12-8-9(13(19)15-2)4-5-10(12)18-11(14(17)20)6-7-16-18/h4-8H,3H2,1-2H3,(H,15,19). The van der Waals surface area contributed by atoms with Crippen molar-refractivity contribution in [2.45, 2.75) is 13.5 Å². The molecular weight excluding hydrogens is 256 g/mol. The Balaban J connectivity index is 2.47. The number of aromatic nitrogens is 3. The van der Waals surface area contributed by atoms with E-state index >= 15 is 0 Å². The van der Waals surface area contributed by atoms with Crippen molar-refractivity contribution < 1.29 is 4.79 Å². The van der Waals surface area contributed by atoms with Crippen molar-refractivity contribution >= 4 is 22.5 Å². The third-order valence-electron chi connectivity index (χ3n) is 3.41. The van der Waals surface area contributed by atoms with E-state index < -0.39 is 0 Å². The first-order valence-corrected chi connectivity index (χ1v) is 6.39. The van der Waals surface area contributed by atoms with Crippen LogP contribution < -0.4 is 10.9 Å². The zero-order valence-electron chi connectivity index (χ0n) is 11.3. The highest BCUT2D eigenvalue weighted by Crippen LogP contribution is 2.16.